The molecule has 0 saturated heterocycles. The number of halogens is 1. The van der Waals surface area contributed by atoms with Gasteiger partial charge in [0.25, 0.3) is 0 Å². The van der Waals surface area contributed by atoms with E-state index in [1.165, 1.54) is 16.5 Å². The van der Waals surface area contributed by atoms with Gasteiger partial charge in [-0.3, -0.25) is 4.79 Å². The van der Waals surface area contributed by atoms with Gasteiger partial charge in [-0.15, -0.1) is 22.9 Å². The molecule has 1 heterocycles. The van der Waals surface area contributed by atoms with Crippen molar-refractivity contribution in [2.45, 2.75) is 13.8 Å². The zero-order valence-corrected chi connectivity index (χ0v) is 9.21. The Labute approximate surface area is 87.0 Å². The minimum Gasteiger partial charge on any atom is -0.294 e. The molecular formula is C10H11ClOS. The maximum Gasteiger partial charge on any atom is 0.170 e. The van der Waals surface area contributed by atoms with Gasteiger partial charge in [-0.2, -0.15) is 0 Å². The quantitative estimate of drug-likeness (QED) is 0.558. The Morgan fingerprint density at radius 1 is 1.62 bits per heavy atom. The first-order chi connectivity index (χ1) is 6.13. The molecule has 0 fully saturated rings. The summed E-state index contributed by atoms with van der Waals surface area (Å²) in [6, 6.07) is 2.11. The lowest BCUT2D eigenvalue weighted by atomic mass is 10.2. The van der Waals surface area contributed by atoms with E-state index in [1.807, 2.05) is 13.0 Å². The summed E-state index contributed by atoms with van der Waals surface area (Å²) >= 11 is 7.05. The Hall–Kier alpha value is -0.600. The van der Waals surface area contributed by atoms with Crippen molar-refractivity contribution >= 4 is 34.8 Å². The van der Waals surface area contributed by atoms with Crippen LogP contribution in [0.4, 0.5) is 0 Å². The maximum absolute atomic E-state index is 10.9. The Morgan fingerprint density at radius 2 is 2.31 bits per heavy atom. The van der Waals surface area contributed by atoms with Crippen molar-refractivity contribution in [3.05, 3.63) is 27.5 Å². The molecule has 1 rings (SSSR count). The maximum atomic E-state index is 10.9. The standard InChI is InChI=1S/C10H11ClOS/c1-7-5-8(2)13-10(7)4-3-9(12)6-11/h3-5H,6H2,1-2H3/b4-3+. The second-order valence-electron chi connectivity index (χ2n) is 2.84. The van der Waals surface area contributed by atoms with E-state index in [2.05, 4.69) is 13.0 Å². The molecule has 0 aliphatic rings. The number of thiophene rings is 1. The van der Waals surface area contributed by atoms with Crippen LogP contribution in [0.1, 0.15) is 15.3 Å². The van der Waals surface area contributed by atoms with Crippen molar-refractivity contribution in [1.29, 1.82) is 0 Å². The van der Waals surface area contributed by atoms with E-state index in [0.717, 1.165) is 4.88 Å². The van der Waals surface area contributed by atoms with Crippen LogP contribution in [-0.4, -0.2) is 11.7 Å². The van der Waals surface area contributed by atoms with Crippen molar-refractivity contribution in [2.75, 3.05) is 5.88 Å². The fraction of sp³-hybridized carbons (Fsp3) is 0.300. The van der Waals surface area contributed by atoms with Crippen molar-refractivity contribution in [3.8, 4) is 0 Å². The number of carbonyl (C=O) groups excluding carboxylic acids is 1. The highest BCUT2D eigenvalue weighted by Crippen LogP contribution is 2.22. The van der Waals surface area contributed by atoms with Crippen molar-refractivity contribution in [2.24, 2.45) is 0 Å². The Balaban J connectivity index is 2.79. The monoisotopic (exact) mass is 214 g/mol. The van der Waals surface area contributed by atoms with E-state index in [-0.39, 0.29) is 11.7 Å². The molecule has 0 aliphatic heterocycles. The van der Waals surface area contributed by atoms with Crippen LogP contribution < -0.4 is 0 Å². The Morgan fingerprint density at radius 3 is 2.77 bits per heavy atom. The van der Waals surface area contributed by atoms with E-state index in [9.17, 15) is 4.79 Å². The topological polar surface area (TPSA) is 17.1 Å². The van der Waals surface area contributed by atoms with Gasteiger partial charge in [0.15, 0.2) is 5.78 Å². The zero-order valence-electron chi connectivity index (χ0n) is 7.63. The zero-order chi connectivity index (χ0) is 9.84. The summed E-state index contributed by atoms with van der Waals surface area (Å²) in [4.78, 5) is 13.3. The number of hydrogen-bond acceptors (Lipinski definition) is 2. The van der Waals surface area contributed by atoms with Crippen LogP contribution in [0.2, 0.25) is 0 Å². The molecule has 0 N–H and O–H groups in total. The largest absolute Gasteiger partial charge is 0.294 e. The fourth-order valence-electron chi connectivity index (χ4n) is 1.04. The van der Waals surface area contributed by atoms with Gasteiger partial charge in [0, 0.05) is 9.75 Å². The van der Waals surface area contributed by atoms with Crippen LogP contribution in [0, 0.1) is 13.8 Å². The predicted molar refractivity (Wildman–Crippen MR) is 58.6 cm³/mol. The second kappa shape index (κ2) is 4.58. The van der Waals surface area contributed by atoms with Crippen LogP contribution in [0.15, 0.2) is 12.1 Å². The average molecular weight is 215 g/mol. The normalized spacial score (nSPS) is 11.0. The van der Waals surface area contributed by atoms with Crippen LogP contribution in [0.5, 0.6) is 0 Å². The number of aryl methyl sites for hydroxylation is 2. The van der Waals surface area contributed by atoms with Gasteiger partial charge in [-0.05, 0) is 37.6 Å². The molecule has 0 unspecified atom stereocenters. The smallest absolute Gasteiger partial charge is 0.170 e. The van der Waals surface area contributed by atoms with Gasteiger partial charge in [-0.25, -0.2) is 0 Å². The number of carbonyl (C=O) groups is 1. The van der Waals surface area contributed by atoms with Gasteiger partial charge in [0.2, 0.25) is 0 Å². The summed E-state index contributed by atoms with van der Waals surface area (Å²) in [5.41, 5.74) is 1.21. The van der Waals surface area contributed by atoms with Crippen LogP contribution >= 0.6 is 22.9 Å². The summed E-state index contributed by atoms with van der Waals surface area (Å²) in [7, 11) is 0. The fourth-order valence-corrected chi connectivity index (χ4v) is 2.07. The van der Waals surface area contributed by atoms with Gasteiger partial charge in [0.1, 0.15) is 0 Å². The number of hydrogen-bond donors (Lipinski definition) is 0. The third-order valence-electron chi connectivity index (χ3n) is 1.63. The molecule has 0 amide bonds. The molecule has 1 aromatic rings. The predicted octanol–water partition coefficient (Wildman–Crippen LogP) is 3.19. The molecular weight excluding hydrogens is 204 g/mol. The molecule has 0 atom stereocenters. The van der Waals surface area contributed by atoms with Crippen molar-refractivity contribution < 1.29 is 4.79 Å². The molecule has 0 aliphatic carbocycles. The third kappa shape index (κ3) is 2.98. The van der Waals surface area contributed by atoms with Crippen LogP contribution in [0.25, 0.3) is 6.08 Å². The van der Waals surface area contributed by atoms with Gasteiger partial charge < -0.3 is 0 Å². The highest BCUT2D eigenvalue weighted by atomic mass is 35.5. The molecule has 0 radical (unpaired) electrons. The Kier molecular flexibility index (Phi) is 3.70. The molecule has 0 bridgehead atoms. The molecule has 1 nitrogen and oxygen atoms in total. The van der Waals surface area contributed by atoms with Crippen molar-refractivity contribution in [3.63, 3.8) is 0 Å². The SMILES string of the molecule is Cc1cc(C)c(/C=C/C(=O)CCl)s1. The highest BCUT2D eigenvalue weighted by molar-refractivity contribution is 7.13. The van der Waals surface area contributed by atoms with Gasteiger partial charge >= 0.3 is 0 Å². The molecule has 0 spiro atoms. The van der Waals surface area contributed by atoms with E-state index in [0.29, 0.717) is 0 Å². The lowest BCUT2D eigenvalue weighted by molar-refractivity contribution is -0.112. The van der Waals surface area contributed by atoms with Crippen LogP contribution in [-0.2, 0) is 4.79 Å². The summed E-state index contributed by atoms with van der Waals surface area (Å²) in [6.07, 6.45) is 3.36. The molecule has 0 saturated carbocycles. The molecule has 70 valence electrons. The minimum atomic E-state index is -0.0490. The number of ketones is 1. The number of allylic oxidation sites excluding steroid dienone is 1. The summed E-state index contributed by atoms with van der Waals surface area (Å²) in [6.45, 7) is 4.09. The van der Waals surface area contributed by atoms with E-state index >= 15 is 0 Å². The summed E-state index contributed by atoms with van der Waals surface area (Å²) < 4.78 is 0. The number of rotatable bonds is 3. The van der Waals surface area contributed by atoms with Crippen molar-refractivity contribution in [1.82, 2.24) is 0 Å². The van der Waals surface area contributed by atoms with Gasteiger partial charge in [-0.1, -0.05) is 0 Å². The van der Waals surface area contributed by atoms with E-state index in [4.69, 9.17) is 11.6 Å². The lowest BCUT2D eigenvalue weighted by Crippen LogP contribution is -1.91. The van der Waals surface area contributed by atoms with Gasteiger partial charge in [0.05, 0.1) is 5.88 Å². The highest BCUT2D eigenvalue weighted by Gasteiger charge is 1.99. The van der Waals surface area contributed by atoms with E-state index in [1.54, 1.807) is 11.3 Å². The molecule has 1 aromatic heterocycles. The molecule has 13 heavy (non-hydrogen) atoms. The average Bonchev–Trinajstić information content (AvgIpc) is 2.41. The first-order valence-corrected chi connectivity index (χ1v) is 5.32. The minimum absolute atomic E-state index is 0.0490. The summed E-state index contributed by atoms with van der Waals surface area (Å²) in [5.74, 6) is 0.00650. The second-order valence-corrected chi connectivity index (χ2v) is 4.39. The first kappa shape index (κ1) is 10.5. The molecule has 3 heteroatoms. The van der Waals surface area contributed by atoms with E-state index < -0.39 is 0 Å². The lowest BCUT2D eigenvalue weighted by Gasteiger charge is -1.87. The van der Waals surface area contributed by atoms with Crippen LogP contribution in [0.3, 0.4) is 0 Å². The summed E-state index contributed by atoms with van der Waals surface area (Å²) in [5, 5.41) is 0. The first-order valence-electron chi connectivity index (χ1n) is 3.97. The third-order valence-corrected chi connectivity index (χ3v) is 3.01. The Bertz CT molecular complexity index is 339. The number of alkyl halides is 1. The molecule has 0 aromatic carbocycles.